The van der Waals surface area contributed by atoms with Crippen molar-refractivity contribution in [1.29, 1.82) is 0 Å². The lowest BCUT2D eigenvalue weighted by molar-refractivity contribution is 0.202. The van der Waals surface area contributed by atoms with E-state index in [1.54, 1.807) is 18.2 Å². The highest BCUT2D eigenvalue weighted by molar-refractivity contribution is 5.97. The Morgan fingerprint density at radius 1 is 1.23 bits per heavy atom. The molecule has 1 aromatic heterocycles. The van der Waals surface area contributed by atoms with Crippen molar-refractivity contribution in [3.63, 3.8) is 0 Å². The lowest BCUT2D eigenvalue weighted by Gasteiger charge is -2.28. The molecule has 0 fully saturated rings. The molecule has 0 saturated heterocycles. The van der Waals surface area contributed by atoms with E-state index in [2.05, 4.69) is 6.92 Å². The number of hydrogen-bond acceptors (Lipinski definition) is 4. The quantitative estimate of drug-likeness (QED) is 0.601. The molecule has 7 nitrogen and oxygen atoms in total. The van der Waals surface area contributed by atoms with Gasteiger partial charge >= 0.3 is 6.09 Å². The van der Waals surface area contributed by atoms with E-state index in [4.69, 9.17) is 9.47 Å². The third kappa shape index (κ3) is 5.46. The second-order valence-corrected chi connectivity index (χ2v) is 9.02. The van der Waals surface area contributed by atoms with Crippen LogP contribution in [0.15, 0.2) is 23.0 Å². The Morgan fingerprint density at radius 3 is 2.43 bits per heavy atom. The summed E-state index contributed by atoms with van der Waals surface area (Å²) in [7, 11) is 1.43. The van der Waals surface area contributed by atoms with Crippen molar-refractivity contribution in [2.75, 3.05) is 18.6 Å². The second-order valence-electron chi connectivity index (χ2n) is 9.02. The summed E-state index contributed by atoms with van der Waals surface area (Å²) in [5, 5.41) is 10.8. The molecule has 1 amide bonds. The molecule has 0 aliphatic rings. The van der Waals surface area contributed by atoms with Crippen LogP contribution in [0.1, 0.15) is 54.4 Å². The second kappa shape index (κ2) is 9.41. The number of anilines is 1. The molecule has 1 heterocycles. The Morgan fingerprint density at radius 2 is 1.90 bits per heavy atom. The Kier molecular flexibility index (Phi) is 7.39. The van der Waals surface area contributed by atoms with E-state index in [9.17, 15) is 14.7 Å². The number of aromatic nitrogens is 1. The largest absolute Gasteiger partial charge is 0.491 e. The molecule has 0 aliphatic carbocycles. The highest BCUT2D eigenvalue weighted by Crippen LogP contribution is 2.37. The molecule has 1 N–H and O–H groups in total. The van der Waals surface area contributed by atoms with Crippen LogP contribution in [0.3, 0.4) is 0 Å². The smallest absolute Gasteiger partial charge is 0.412 e. The maximum Gasteiger partial charge on any atom is 0.412 e. The first kappa shape index (κ1) is 23.6. The van der Waals surface area contributed by atoms with E-state index >= 15 is 0 Å². The van der Waals surface area contributed by atoms with Crippen LogP contribution in [0.5, 0.6) is 11.5 Å². The molecule has 0 atom stereocenters. The van der Waals surface area contributed by atoms with Crippen LogP contribution in [0, 0.1) is 5.41 Å². The van der Waals surface area contributed by atoms with Crippen LogP contribution < -0.4 is 19.9 Å². The lowest BCUT2D eigenvalue weighted by Crippen LogP contribution is -2.35. The van der Waals surface area contributed by atoms with Crippen molar-refractivity contribution in [2.24, 2.45) is 5.41 Å². The number of rotatable bonds is 8. The van der Waals surface area contributed by atoms with Gasteiger partial charge in [0.15, 0.2) is 11.6 Å². The van der Waals surface area contributed by atoms with Crippen molar-refractivity contribution in [3.05, 3.63) is 28.6 Å². The van der Waals surface area contributed by atoms with Crippen molar-refractivity contribution < 1.29 is 19.4 Å². The molecular weight excluding hydrogens is 384 g/mol. The minimum atomic E-state index is -1.16. The number of fused-ring (bicyclic) bond motifs is 1. The van der Waals surface area contributed by atoms with Gasteiger partial charge in [-0.1, -0.05) is 34.1 Å². The topological polar surface area (TPSA) is 81.0 Å². The number of unbranched alkanes of at least 4 members (excludes halogenated alkanes) is 1. The van der Waals surface area contributed by atoms with Gasteiger partial charge in [-0.05, 0) is 43.9 Å². The van der Waals surface area contributed by atoms with Crippen LogP contribution in [-0.4, -0.2) is 35.5 Å². The van der Waals surface area contributed by atoms with E-state index in [-0.39, 0.29) is 22.9 Å². The van der Waals surface area contributed by atoms with Crippen molar-refractivity contribution >= 4 is 22.7 Å². The minimum Gasteiger partial charge on any atom is -0.491 e. The summed E-state index contributed by atoms with van der Waals surface area (Å²) in [5.74, 6) is 1.24. The van der Waals surface area contributed by atoms with Gasteiger partial charge in [0.2, 0.25) is 0 Å². The van der Waals surface area contributed by atoms with Gasteiger partial charge in [-0.25, -0.2) is 4.79 Å². The highest BCUT2D eigenvalue weighted by Gasteiger charge is 2.27. The number of pyridine rings is 1. The fourth-order valence-corrected chi connectivity index (χ4v) is 3.23. The SMILES string of the molecule is CCCCOc1c(N(C)C(=O)O)n(CC(C)(C)C)c(=O)c2ccc(OC(C)C)cc12. The highest BCUT2D eigenvalue weighted by atomic mass is 16.5. The van der Waals surface area contributed by atoms with E-state index in [1.165, 1.54) is 11.6 Å². The molecule has 30 heavy (non-hydrogen) atoms. The molecular formula is C23H34N2O5. The fraction of sp³-hybridized carbons (Fsp3) is 0.565. The number of amides is 1. The van der Waals surface area contributed by atoms with Gasteiger partial charge in [-0.15, -0.1) is 0 Å². The predicted molar refractivity (Wildman–Crippen MR) is 120 cm³/mol. The van der Waals surface area contributed by atoms with E-state index < -0.39 is 6.09 Å². The first-order valence-electron chi connectivity index (χ1n) is 10.4. The molecule has 1 aromatic carbocycles. The molecule has 0 spiro atoms. The van der Waals surface area contributed by atoms with Crippen molar-refractivity contribution in [1.82, 2.24) is 4.57 Å². The van der Waals surface area contributed by atoms with Gasteiger partial charge in [0.25, 0.3) is 5.56 Å². The van der Waals surface area contributed by atoms with E-state index in [0.29, 0.717) is 35.4 Å². The summed E-state index contributed by atoms with van der Waals surface area (Å²) in [4.78, 5) is 26.4. The maximum absolute atomic E-state index is 13.4. The van der Waals surface area contributed by atoms with Crippen LogP contribution in [0.2, 0.25) is 0 Å². The molecule has 0 saturated carbocycles. The average Bonchev–Trinajstić information content (AvgIpc) is 2.63. The van der Waals surface area contributed by atoms with Crippen LogP contribution in [0.25, 0.3) is 10.8 Å². The monoisotopic (exact) mass is 418 g/mol. The van der Waals surface area contributed by atoms with E-state index in [1.807, 2.05) is 34.6 Å². The summed E-state index contributed by atoms with van der Waals surface area (Å²) in [5.41, 5.74) is -0.491. The number of nitrogens with zero attached hydrogens (tertiary/aromatic N) is 2. The van der Waals surface area contributed by atoms with Crippen LogP contribution >= 0.6 is 0 Å². The summed E-state index contributed by atoms with van der Waals surface area (Å²) < 4.78 is 13.4. The third-order valence-corrected chi connectivity index (χ3v) is 4.52. The summed E-state index contributed by atoms with van der Waals surface area (Å²) in [6.07, 6.45) is 0.560. The maximum atomic E-state index is 13.4. The molecule has 0 aliphatic heterocycles. The van der Waals surface area contributed by atoms with Gasteiger partial charge < -0.3 is 14.6 Å². The van der Waals surface area contributed by atoms with Crippen LogP contribution in [-0.2, 0) is 6.54 Å². The van der Waals surface area contributed by atoms with Gasteiger partial charge in [-0.3, -0.25) is 14.3 Å². The first-order chi connectivity index (χ1) is 14.0. The molecule has 0 bridgehead atoms. The zero-order valence-electron chi connectivity index (χ0n) is 19.1. The summed E-state index contributed by atoms with van der Waals surface area (Å²) in [6.45, 7) is 12.7. The Bertz CT molecular complexity index is 957. The lowest BCUT2D eigenvalue weighted by atomic mass is 9.96. The zero-order valence-corrected chi connectivity index (χ0v) is 19.1. The zero-order chi connectivity index (χ0) is 22.6. The Balaban J connectivity index is 2.89. The summed E-state index contributed by atoms with van der Waals surface area (Å²) >= 11 is 0. The third-order valence-electron chi connectivity index (χ3n) is 4.52. The number of benzene rings is 1. The Hall–Kier alpha value is -2.70. The number of carboxylic acid groups (broad SMARTS) is 1. The fourth-order valence-electron chi connectivity index (χ4n) is 3.23. The van der Waals surface area contributed by atoms with Gasteiger partial charge in [0, 0.05) is 19.0 Å². The van der Waals surface area contributed by atoms with Gasteiger partial charge in [0.1, 0.15) is 5.75 Å². The standard InChI is InChI=1S/C23H34N2O5/c1-8-9-12-29-19-18-13-16(30-15(2)3)10-11-17(18)21(26)25(14-23(4,5)6)20(19)24(7)22(27)28/h10-11,13,15H,8-9,12,14H2,1-7H3,(H,27,28). The van der Waals surface area contributed by atoms with Crippen molar-refractivity contribution in [3.8, 4) is 11.5 Å². The molecule has 7 heteroatoms. The summed E-state index contributed by atoms with van der Waals surface area (Å²) in [6, 6.07) is 5.26. The molecule has 0 unspecified atom stereocenters. The number of hydrogen-bond donors (Lipinski definition) is 1. The molecule has 0 radical (unpaired) electrons. The molecule has 2 rings (SSSR count). The molecule has 166 valence electrons. The van der Waals surface area contributed by atoms with E-state index in [0.717, 1.165) is 17.7 Å². The van der Waals surface area contributed by atoms with Gasteiger partial charge in [-0.2, -0.15) is 0 Å². The number of carbonyl (C=O) groups is 1. The normalized spacial score (nSPS) is 11.7. The first-order valence-corrected chi connectivity index (χ1v) is 10.4. The van der Waals surface area contributed by atoms with Crippen molar-refractivity contribution in [2.45, 2.75) is 67.0 Å². The molecule has 2 aromatic rings. The predicted octanol–water partition coefficient (Wildman–Crippen LogP) is 5.13. The Labute approximate surface area is 178 Å². The average molecular weight is 419 g/mol. The minimum absolute atomic E-state index is 0.0330. The van der Waals surface area contributed by atoms with Gasteiger partial charge in [0.05, 0.1) is 18.1 Å². The number of ether oxygens (including phenoxy) is 2. The van der Waals surface area contributed by atoms with Crippen LogP contribution in [0.4, 0.5) is 10.6 Å².